The molecule has 11 heteroatoms. The number of halogens is 1. The van der Waals surface area contributed by atoms with E-state index in [0.717, 1.165) is 49.2 Å². The molecule has 4 aliphatic heterocycles. The lowest BCUT2D eigenvalue weighted by Crippen LogP contribution is -2.76. The largest absolute Gasteiger partial charge is 0.504 e. The summed E-state index contributed by atoms with van der Waals surface area (Å²) >= 11 is 0. The Bertz CT molecular complexity index is 1770. The summed E-state index contributed by atoms with van der Waals surface area (Å²) in [6, 6.07) is 7.56. The van der Waals surface area contributed by atoms with E-state index in [4.69, 9.17) is 14.2 Å². The van der Waals surface area contributed by atoms with Gasteiger partial charge in [0.15, 0.2) is 46.8 Å². The van der Waals surface area contributed by atoms with Gasteiger partial charge in [0.05, 0.1) is 29.1 Å². The molecular formula is C37H43ClN2O8. The first kappa shape index (κ1) is 32.1. The summed E-state index contributed by atoms with van der Waals surface area (Å²) in [5.74, 6) is 2.00. The maximum atomic E-state index is 12.7. The molecule has 4 bridgehead atoms. The van der Waals surface area contributed by atoms with Crippen LogP contribution in [0.25, 0.3) is 0 Å². The van der Waals surface area contributed by atoms with Gasteiger partial charge in [0.2, 0.25) is 0 Å². The van der Waals surface area contributed by atoms with Gasteiger partial charge < -0.3 is 34.4 Å². The number of methoxy groups -OCH3 is 1. The Kier molecular flexibility index (Phi) is 6.97. The summed E-state index contributed by atoms with van der Waals surface area (Å²) in [6.45, 7) is 6.23. The maximum Gasteiger partial charge on any atom is 0.174 e. The first-order chi connectivity index (χ1) is 22.6. The number of aliphatic hydroxyl groups is 2. The SMILES string of the molecule is C=CCN1CC[C@]23c4c5ccc(O)c4O[C@H]2C(=O)CC[C@@]3(O)[C@H]1C5.COc1ccc2c3c1O[C@H]1C(=O)CC[C@@]4(O)[C@@H](C2)N(C)CC[C@]314.Cl. The van der Waals surface area contributed by atoms with E-state index in [9.17, 15) is 24.9 Å². The van der Waals surface area contributed by atoms with Crippen LogP contribution in [0.2, 0.25) is 0 Å². The number of likely N-dealkylation sites (N-methyl/N-ethyl adjacent to an activating group) is 1. The van der Waals surface area contributed by atoms with Crippen LogP contribution in [0.3, 0.4) is 0 Å². The van der Waals surface area contributed by atoms with Crippen molar-refractivity contribution in [2.24, 2.45) is 0 Å². The minimum Gasteiger partial charge on any atom is -0.504 e. The average molecular weight is 679 g/mol. The fraction of sp³-hybridized carbons (Fsp3) is 0.568. The Morgan fingerprint density at radius 1 is 0.875 bits per heavy atom. The standard InChI is InChI=1S/C19H21NO4.C18H21NO4.ClH/c1-2-8-20-9-7-18-15-11-3-4-12(21)16(15)24-17(18)13(22)5-6-19(18,23)14(20)10-11;1-19-8-7-17-14-10-3-4-12(22-2)15(14)23-16(17)11(20)5-6-18(17,21)13(19)9-10;/h2-4,14,17,21,23H,1,5-10H2;3-4,13,16,21H,5-9H2,1-2H3;1H/t14-,17+,18+,19-;13-,16+,17+,18-;/m11./s1. The van der Waals surface area contributed by atoms with E-state index in [1.807, 2.05) is 18.2 Å². The number of piperidine rings is 2. The molecule has 0 unspecified atom stereocenters. The third-order valence-corrected chi connectivity index (χ3v) is 13.5. The van der Waals surface area contributed by atoms with Crippen molar-refractivity contribution in [1.82, 2.24) is 9.80 Å². The molecule has 10 nitrogen and oxygen atoms in total. The maximum absolute atomic E-state index is 12.7. The van der Waals surface area contributed by atoms with Crippen LogP contribution in [0.5, 0.6) is 23.0 Å². The van der Waals surface area contributed by atoms with Crippen molar-refractivity contribution in [3.8, 4) is 23.0 Å². The molecule has 4 heterocycles. The van der Waals surface area contributed by atoms with Crippen molar-refractivity contribution in [2.45, 2.75) is 97.7 Å². The summed E-state index contributed by atoms with van der Waals surface area (Å²) in [6.07, 6.45) is 5.24. The minimum atomic E-state index is -1.00. The Morgan fingerprint density at radius 3 is 2.08 bits per heavy atom. The third-order valence-electron chi connectivity index (χ3n) is 13.5. The molecule has 2 spiro atoms. The lowest BCUT2D eigenvalue weighted by molar-refractivity contribution is -0.187. The Hall–Kier alpha value is -3.15. The summed E-state index contributed by atoms with van der Waals surface area (Å²) in [5.41, 5.74) is 0.993. The number of likely N-dealkylation sites (tertiary alicyclic amines) is 2. The van der Waals surface area contributed by atoms with Crippen LogP contribution in [0.1, 0.15) is 60.8 Å². The molecule has 2 saturated carbocycles. The van der Waals surface area contributed by atoms with Crippen LogP contribution in [-0.2, 0) is 33.3 Å². The molecule has 0 radical (unpaired) electrons. The number of rotatable bonds is 3. The van der Waals surface area contributed by atoms with Gasteiger partial charge in [0.25, 0.3) is 0 Å². The molecule has 8 atom stereocenters. The lowest BCUT2D eigenvalue weighted by atomic mass is 9.49. The number of benzene rings is 2. The van der Waals surface area contributed by atoms with E-state index in [2.05, 4.69) is 29.5 Å². The zero-order chi connectivity index (χ0) is 32.7. The number of carbonyl (C=O) groups is 2. The van der Waals surface area contributed by atoms with Gasteiger partial charge in [-0.3, -0.25) is 14.5 Å². The molecule has 48 heavy (non-hydrogen) atoms. The van der Waals surface area contributed by atoms with Crippen LogP contribution in [0, 0.1) is 0 Å². The van der Waals surface area contributed by atoms with Crippen molar-refractivity contribution in [1.29, 1.82) is 0 Å². The molecule has 2 aromatic carbocycles. The van der Waals surface area contributed by atoms with E-state index < -0.39 is 34.2 Å². The Labute approximate surface area is 286 Å². The smallest absolute Gasteiger partial charge is 0.174 e. The molecular weight excluding hydrogens is 636 g/mol. The molecule has 3 N–H and O–H groups in total. The van der Waals surface area contributed by atoms with Crippen LogP contribution in [-0.4, -0.2) is 106 Å². The monoisotopic (exact) mass is 678 g/mol. The molecule has 4 fully saturated rings. The predicted octanol–water partition coefficient (Wildman–Crippen LogP) is 2.77. The number of aromatic hydroxyl groups is 1. The predicted molar refractivity (Wildman–Crippen MR) is 178 cm³/mol. The first-order valence-corrected chi connectivity index (χ1v) is 17.0. The highest BCUT2D eigenvalue weighted by Gasteiger charge is 2.74. The van der Waals surface area contributed by atoms with Gasteiger partial charge in [0, 0.05) is 49.1 Å². The number of ketones is 2. The zero-order valence-corrected chi connectivity index (χ0v) is 28.2. The van der Waals surface area contributed by atoms with Gasteiger partial charge in [0.1, 0.15) is 0 Å². The molecule has 10 rings (SSSR count). The molecule has 2 aromatic rings. The minimum absolute atomic E-state index is 0. The van der Waals surface area contributed by atoms with Crippen LogP contribution < -0.4 is 14.2 Å². The van der Waals surface area contributed by atoms with Crippen molar-refractivity contribution in [3.63, 3.8) is 0 Å². The molecule has 8 aliphatic rings. The van der Waals surface area contributed by atoms with Gasteiger partial charge in [-0.25, -0.2) is 0 Å². The van der Waals surface area contributed by atoms with Gasteiger partial charge >= 0.3 is 0 Å². The van der Waals surface area contributed by atoms with E-state index in [0.29, 0.717) is 55.8 Å². The van der Waals surface area contributed by atoms with Gasteiger partial charge in [-0.2, -0.15) is 0 Å². The third kappa shape index (κ3) is 3.53. The van der Waals surface area contributed by atoms with Crippen LogP contribution in [0.4, 0.5) is 0 Å². The second-order valence-electron chi connectivity index (χ2n) is 15.0. The first-order valence-electron chi connectivity index (χ1n) is 17.0. The van der Waals surface area contributed by atoms with E-state index in [1.54, 1.807) is 13.2 Å². The van der Waals surface area contributed by atoms with Crippen molar-refractivity contribution in [3.05, 3.63) is 59.2 Å². The molecule has 0 amide bonds. The fourth-order valence-corrected chi connectivity index (χ4v) is 11.5. The van der Waals surface area contributed by atoms with Crippen molar-refractivity contribution < 1.29 is 39.1 Å². The van der Waals surface area contributed by atoms with Crippen molar-refractivity contribution >= 4 is 24.0 Å². The zero-order valence-electron chi connectivity index (χ0n) is 27.4. The summed E-state index contributed by atoms with van der Waals surface area (Å²) in [4.78, 5) is 29.8. The topological polar surface area (TPSA) is 129 Å². The number of Topliss-reactive ketones (excluding diaryl/α,β-unsaturated/α-hetero) is 2. The molecule has 4 aliphatic carbocycles. The number of hydrogen-bond donors (Lipinski definition) is 3. The Morgan fingerprint density at radius 2 is 1.44 bits per heavy atom. The number of ether oxygens (including phenoxy) is 3. The second-order valence-corrected chi connectivity index (χ2v) is 15.0. The fourth-order valence-electron chi connectivity index (χ4n) is 11.5. The van der Waals surface area contributed by atoms with Gasteiger partial charge in [-0.15, -0.1) is 19.0 Å². The number of carbonyl (C=O) groups excluding carboxylic acids is 2. The Balaban J connectivity index is 0.000000137. The average Bonchev–Trinajstić information content (AvgIpc) is 3.60. The van der Waals surface area contributed by atoms with E-state index >= 15 is 0 Å². The van der Waals surface area contributed by atoms with E-state index in [1.165, 1.54) is 5.56 Å². The molecule has 256 valence electrons. The van der Waals surface area contributed by atoms with Crippen molar-refractivity contribution in [2.75, 3.05) is 33.8 Å². The second kappa shape index (κ2) is 10.4. The van der Waals surface area contributed by atoms with Gasteiger partial charge in [-0.1, -0.05) is 18.2 Å². The van der Waals surface area contributed by atoms with Crippen LogP contribution >= 0.6 is 12.4 Å². The quantitative estimate of drug-likeness (QED) is 0.417. The number of phenols is 1. The molecule has 0 aromatic heterocycles. The van der Waals surface area contributed by atoms with E-state index in [-0.39, 0.29) is 41.8 Å². The lowest BCUT2D eigenvalue weighted by Gasteiger charge is -2.62. The summed E-state index contributed by atoms with van der Waals surface area (Å²) in [7, 11) is 3.70. The highest BCUT2D eigenvalue weighted by atomic mass is 35.5. The summed E-state index contributed by atoms with van der Waals surface area (Å²) < 4.78 is 17.6. The highest BCUT2D eigenvalue weighted by molar-refractivity contribution is 5.91. The number of nitrogens with zero attached hydrogens (tertiary/aromatic N) is 2. The van der Waals surface area contributed by atoms with Gasteiger partial charge in [-0.05, 0) is 75.4 Å². The van der Waals surface area contributed by atoms with Crippen LogP contribution in [0.15, 0.2) is 36.9 Å². The molecule has 2 saturated heterocycles. The highest BCUT2D eigenvalue weighted by Crippen LogP contribution is 2.66. The normalized spacial score (nSPS) is 39.1. The number of phenolic OH excluding ortho intramolecular Hbond substituents is 1. The summed E-state index contributed by atoms with van der Waals surface area (Å²) in [5, 5.41) is 33.8. The number of hydrogen-bond acceptors (Lipinski definition) is 10.